The van der Waals surface area contributed by atoms with E-state index in [1.807, 2.05) is 11.8 Å². The fourth-order valence-electron chi connectivity index (χ4n) is 1.75. The van der Waals surface area contributed by atoms with Crippen LogP contribution in [0, 0.1) is 0 Å². The molecule has 0 spiro atoms. The van der Waals surface area contributed by atoms with Crippen molar-refractivity contribution in [2.75, 3.05) is 19.6 Å². The molecule has 1 aliphatic heterocycles. The number of carbonyl (C=O) groups is 1. The van der Waals surface area contributed by atoms with Crippen LogP contribution in [-0.2, 0) is 4.79 Å². The number of carbonyl (C=O) groups excluding carboxylic acids is 1. The number of nitrogens with zero attached hydrogens (tertiary/aromatic N) is 1. The fraction of sp³-hybridized carbons (Fsp3) is 0.900. The second-order valence-corrected chi connectivity index (χ2v) is 3.58. The number of hydrogen-bond donors (Lipinski definition) is 1. The third-order valence-electron chi connectivity index (χ3n) is 2.53. The van der Waals surface area contributed by atoms with Gasteiger partial charge in [-0.05, 0) is 19.4 Å². The predicted octanol–water partition coefficient (Wildman–Crippen LogP) is 0.997. The van der Waals surface area contributed by atoms with Gasteiger partial charge in [-0.1, -0.05) is 20.3 Å². The van der Waals surface area contributed by atoms with E-state index in [9.17, 15) is 4.79 Å². The van der Waals surface area contributed by atoms with Gasteiger partial charge in [0.2, 0.25) is 5.91 Å². The number of amides is 1. The highest BCUT2D eigenvalue weighted by molar-refractivity contribution is 5.83. The van der Waals surface area contributed by atoms with Crippen molar-refractivity contribution in [2.24, 2.45) is 0 Å². The summed E-state index contributed by atoms with van der Waals surface area (Å²) in [5, 5.41) is 3.21. The number of hydrogen-bond acceptors (Lipinski definition) is 2. The van der Waals surface area contributed by atoms with Crippen molar-refractivity contribution in [3.8, 4) is 0 Å². The first-order chi connectivity index (χ1) is 6.29. The Morgan fingerprint density at radius 3 is 2.92 bits per heavy atom. The summed E-state index contributed by atoms with van der Waals surface area (Å²) in [6.45, 7) is 6.97. The van der Waals surface area contributed by atoms with E-state index in [1.165, 1.54) is 0 Å². The van der Waals surface area contributed by atoms with Crippen LogP contribution in [0.3, 0.4) is 0 Å². The van der Waals surface area contributed by atoms with Crippen LogP contribution < -0.4 is 5.32 Å². The molecule has 0 bridgehead atoms. The van der Waals surface area contributed by atoms with E-state index in [0.717, 1.165) is 38.9 Å². The molecule has 0 aromatic heterocycles. The molecule has 0 aromatic rings. The lowest BCUT2D eigenvalue weighted by molar-refractivity contribution is -0.129. The van der Waals surface area contributed by atoms with Gasteiger partial charge in [-0.25, -0.2) is 0 Å². The van der Waals surface area contributed by atoms with E-state index in [4.69, 9.17) is 0 Å². The minimum atomic E-state index is 0.0989. The zero-order chi connectivity index (χ0) is 9.68. The van der Waals surface area contributed by atoms with Crippen LogP contribution in [0.25, 0.3) is 0 Å². The summed E-state index contributed by atoms with van der Waals surface area (Å²) in [5.74, 6) is 0.301. The Kier molecular flexibility index (Phi) is 4.22. The van der Waals surface area contributed by atoms with Crippen molar-refractivity contribution in [1.29, 1.82) is 0 Å². The molecule has 1 saturated heterocycles. The molecule has 1 N–H and O–H groups in total. The third kappa shape index (κ3) is 2.69. The van der Waals surface area contributed by atoms with Gasteiger partial charge in [-0.15, -0.1) is 0 Å². The smallest absolute Gasteiger partial charge is 0.239 e. The normalized spacial score (nSPS) is 22.8. The largest absolute Gasteiger partial charge is 0.341 e. The first kappa shape index (κ1) is 10.5. The molecule has 76 valence electrons. The van der Waals surface area contributed by atoms with Gasteiger partial charge in [0.05, 0.1) is 6.04 Å². The summed E-state index contributed by atoms with van der Waals surface area (Å²) in [7, 11) is 0. The third-order valence-corrected chi connectivity index (χ3v) is 2.53. The van der Waals surface area contributed by atoms with Crippen molar-refractivity contribution in [3.63, 3.8) is 0 Å². The lowest BCUT2D eigenvalue weighted by atomic mass is 10.2. The highest BCUT2D eigenvalue weighted by atomic mass is 16.2. The number of nitrogens with one attached hydrogen (secondary N) is 1. The van der Waals surface area contributed by atoms with Crippen molar-refractivity contribution >= 4 is 5.91 Å². The lowest BCUT2D eigenvalue weighted by Crippen LogP contribution is -2.38. The van der Waals surface area contributed by atoms with E-state index in [2.05, 4.69) is 12.2 Å². The van der Waals surface area contributed by atoms with Crippen LogP contribution in [-0.4, -0.2) is 36.5 Å². The molecule has 1 aliphatic rings. The first-order valence-corrected chi connectivity index (χ1v) is 5.31. The van der Waals surface area contributed by atoms with E-state index in [-0.39, 0.29) is 6.04 Å². The van der Waals surface area contributed by atoms with Crippen LogP contribution in [0.2, 0.25) is 0 Å². The number of unbranched alkanes of at least 4 members (excludes halogenated alkanes) is 1. The summed E-state index contributed by atoms with van der Waals surface area (Å²) in [6.07, 6.45) is 3.27. The molecule has 0 saturated carbocycles. The van der Waals surface area contributed by atoms with Gasteiger partial charge in [0.25, 0.3) is 0 Å². The first-order valence-electron chi connectivity index (χ1n) is 5.31. The number of likely N-dealkylation sites (tertiary alicyclic amines) is 1. The molecule has 3 heteroatoms. The summed E-state index contributed by atoms with van der Waals surface area (Å²) >= 11 is 0. The van der Waals surface area contributed by atoms with Gasteiger partial charge in [0.15, 0.2) is 0 Å². The van der Waals surface area contributed by atoms with Gasteiger partial charge < -0.3 is 10.2 Å². The fourth-order valence-corrected chi connectivity index (χ4v) is 1.75. The summed E-state index contributed by atoms with van der Waals surface area (Å²) in [4.78, 5) is 13.6. The quantitative estimate of drug-likeness (QED) is 0.691. The van der Waals surface area contributed by atoms with Crippen molar-refractivity contribution < 1.29 is 4.79 Å². The molecule has 1 amide bonds. The van der Waals surface area contributed by atoms with Crippen LogP contribution in [0.1, 0.15) is 33.1 Å². The molecule has 1 unspecified atom stereocenters. The number of rotatable bonds is 5. The highest BCUT2D eigenvalue weighted by Gasteiger charge is 2.29. The maximum atomic E-state index is 11.7. The molecule has 0 aliphatic carbocycles. The monoisotopic (exact) mass is 184 g/mol. The molecule has 0 radical (unpaired) electrons. The van der Waals surface area contributed by atoms with E-state index >= 15 is 0 Å². The molecule has 3 nitrogen and oxygen atoms in total. The van der Waals surface area contributed by atoms with Crippen molar-refractivity contribution in [3.05, 3.63) is 0 Å². The van der Waals surface area contributed by atoms with Gasteiger partial charge in [-0.3, -0.25) is 4.79 Å². The average molecular weight is 184 g/mol. The Morgan fingerprint density at radius 1 is 1.54 bits per heavy atom. The SMILES string of the molecule is CCCCN1CCC(NCC)C1=O. The predicted molar refractivity (Wildman–Crippen MR) is 53.6 cm³/mol. The summed E-state index contributed by atoms with van der Waals surface area (Å²) < 4.78 is 0. The standard InChI is InChI=1S/C10H20N2O/c1-3-5-7-12-8-6-9(10(12)13)11-4-2/h9,11H,3-8H2,1-2H3. The summed E-state index contributed by atoms with van der Waals surface area (Å²) in [5.41, 5.74) is 0. The molecule has 1 atom stereocenters. The highest BCUT2D eigenvalue weighted by Crippen LogP contribution is 2.11. The Balaban J connectivity index is 2.32. The Hall–Kier alpha value is -0.570. The summed E-state index contributed by atoms with van der Waals surface area (Å²) in [6, 6.07) is 0.0989. The molecular weight excluding hydrogens is 164 g/mol. The molecule has 13 heavy (non-hydrogen) atoms. The van der Waals surface area contributed by atoms with Gasteiger partial charge in [-0.2, -0.15) is 0 Å². The molecule has 1 fully saturated rings. The second-order valence-electron chi connectivity index (χ2n) is 3.58. The molecule has 0 aromatic carbocycles. The Morgan fingerprint density at radius 2 is 2.31 bits per heavy atom. The minimum absolute atomic E-state index is 0.0989. The van der Waals surface area contributed by atoms with E-state index < -0.39 is 0 Å². The van der Waals surface area contributed by atoms with Gasteiger partial charge >= 0.3 is 0 Å². The number of likely N-dealkylation sites (N-methyl/N-ethyl adjacent to an activating group) is 1. The zero-order valence-electron chi connectivity index (χ0n) is 8.68. The van der Waals surface area contributed by atoms with Crippen molar-refractivity contribution in [1.82, 2.24) is 10.2 Å². The zero-order valence-corrected chi connectivity index (χ0v) is 8.68. The van der Waals surface area contributed by atoms with Crippen LogP contribution in [0.15, 0.2) is 0 Å². The average Bonchev–Trinajstić information content (AvgIpc) is 2.46. The maximum absolute atomic E-state index is 11.7. The van der Waals surface area contributed by atoms with Crippen LogP contribution >= 0.6 is 0 Å². The van der Waals surface area contributed by atoms with Crippen molar-refractivity contribution in [2.45, 2.75) is 39.2 Å². The minimum Gasteiger partial charge on any atom is -0.341 e. The van der Waals surface area contributed by atoms with Crippen LogP contribution in [0.4, 0.5) is 0 Å². The Bertz CT molecular complexity index is 170. The van der Waals surface area contributed by atoms with E-state index in [1.54, 1.807) is 0 Å². The molecule has 1 rings (SSSR count). The lowest BCUT2D eigenvalue weighted by Gasteiger charge is -2.16. The van der Waals surface area contributed by atoms with E-state index in [0.29, 0.717) is 5.91 Å². The second kappa shape index (κ2) is 5.22. The maximum Gasteiger partial charge on any atom is 0.239 e. The molecule has 1 heterocycles. The van der Waals surface area contributed by atoms with Gasteiger partial charge in [0, 0.05) is 13.1 Å². The molecular formula is C10H20N2O. The Labute approximate surface area is 80.5 Å². The van der Waals surface area contributed by atoms with Crippen LogP contribution in [0.5, 0.6) is 0 Å². The van der Waals surface area contributed by atoms with Gasteiger partial charge in [0.1, 0.15) is 0 Å². The topological polar surface area (TPSA) is 32.3 Å².